The highest BCUT2D eigenvalue weighted by atomic mass is 16.3. The first-order chi connectivity index (χ1) is 27.7. The third-order valence-electron chi connectivity index (χ3n) is 10.7. The molecule has 56 heavy (non-hydrogen) atoms. The molecule has 5 heteroatoms. The highest BCUT2D eigenvalue weighted by Gasteiger charge is 2.20. The van der Waals surface area contributed by atoms with Gasteiger partial charge in [0, 0.05) is 38.2 Å². The van der Waals surface area contributed by atoms with Crippen LogP contribution in [0, 0.1) is 0 Å². The van der Waals surface area contributed by atoms with Crippen LogP contribution >= 0.6 is 0 Å². The number of aromatic nitrogens is 4. The molecule has 0 spiro atoms. The molecule has 0 aliphatic heterocycles. The minimum Gasteiger partial charge on any atom is -0.454 e. The summed E-state index contributed by atoms with van der Waals surface area (Å²) in [7, 11) is 0. The number of hydrogen-bond acceptors (Lipinski definition) is 4. The Labute approximate surface area is 322 Å². The minimum atomic E-state index is 0.626. The van der Waals surface area contributed by atoms with E-state index in [4.69, 9.17) is 19.4 Å². The molecule has 0 saturated carbocycles. The van der Waals surface area contributed by atoms with E-state index < -0.39 is 0 Å². The zero-order valence-corrected chi connectivity index (χ0v) is 30.2. The SMILES string of the molecule is c1ccc(-c2cccc(-c3ccc4c(c3)oc3c(-n5c6ccccc6c6cc(-c7nc(-c8ccccc8)nc(-c8ccccc8)n7)ccc65)cccc34)c2)cc1. The Balaban J connectivity index is 1.06. The minimum absolute atomic E-state index is 0.626. The molecule has 0 N–H and O–H groups in total. The van der Waals surface area contributed by atoms with Crippen molar-refractivity contribution in [3.05, 3.63) is 194 Å². The summed E-state index contributed by atoms with van der Waals surface area (Å²) in [6.45, 7) is 0. The van der Waals surface area contributed by atoms with E-state index in [2.05, 4.69) is 132 Å². The van der Waals surface area contributed by atoms with E-state index in [0.29, 0.717) is 17.5 Å². The number of furan rings is 1. The standard InChI is InChI=1S/C51H32N4O/c1-4-14-33(15-5-1)36-20-12-21-37(30-36)38-26-28-41-42-23-13-25-46(48(42)56-47(41)32-38)55-44-24-11-10-22-40(44)43-31-39(27-29-45(43)55)51-53-49(34-16-6-2-7-17-34)52-50(54-51)35-18-8-3-9-19-35/h1-32H. The monoisotopic (exact) mass is 716 g/mol. The van der Waals surface area contributed by atoms with Crippen LogP contribution in [0.5, 0.6) is 0 Å². The molecule has 0 fully saturated rings. The molecule has 0 bridgehead atoms. The molecule has 0 unspecified atom stereocenters. The lowest BCUT2D eigenvalue weighted by molar-refractivity contribution is 0.666. The van der Waals surface area contributed by atoms with E-state index >= 15 is 0 Å². The van der Waals surface area contributed by atoms with Crippen molar-refractivity contribution in [1.82, 2.24) is 19.5 Å². The predicted octanol–water partition coefficient (Wildman–Crippen LogP) is 13.2. The lowest BCUT2D eigenvalue weighted by atomic mass is 9.98. The van der Waals surface area contributed by atoms with Gasteiger partial charge in [-0.05, 0) is 70.8 Å². The van der Waals surface area contributed by atoms with Crippen LogP contribution in [0.4, 0.5) is 0 Å². The lowest BCUT2D eigenvalue weighted by Crippen LogP contribution is -2.00. The summed E-state index contributed by atoms with van der Waals surface area (Å²) in [6.07, 6.45) is 0. The Morgan fingerprint density at radius 3 is 1.55 bits per heavy atom. The predicted molar refractivity (Wildman–Crippen MR) is 229 cm³/mol. The molecule has 3 heterocycles. The summed E-state index contributed by atoms with van der Waals surface area (Å²) in [5.74, 6) is 1.90. The van der Waals surface area contributed by atoms with E-state index in [1.807, 2.05) is 66.7 Å². The maximum atomic E-state index is 6.84. The van der Waals surface area contributed by atoms with Crippen molar-refractivity contribution >= 4 is 43.7 Å². The van der Waals surface area contributed by atoms with Crippen LogP contribution < -0.4 is 0 Å². The summed E-state index contributed by atoms with van der Waals surface area (Å²) in [4.78, 5) is 14.9. The largest absolute Gasteiger partial charge is 0.454 e. The summed E-state index contributed by atoms with van der Waals surface area (Å²) in [5.41, 5.74) is 12.3. The number of fused-ring (bicyclic) bond motifs is 6. The third kappa shape index (κ3) is 5.37. The van der Waals surface area contributed by atoms with Crippen LogP contribution in [-0.2, 0) is 0 Å². The van der Waals surface area contributed by atoms with Crippen molar-refractivity contribution in [2.45, 2.75) is 0 Å². The van der Waals surface area contributed by atoms with Gasteiger partial charge in [-0.25, -0.2) is 15.0 Å². The van der Waals surface area contributed by atoms with Gasteiger partial charge in [0.2, 0.25) is 0 Å². The van der Waals surface area contributed by atoms with Crippen LogP contribution in [0.15, 0.2) is 199 Å². The molecule has 0 amide bonds. The van der Waals surface area contributed by atoms with Crippen molar-refractivity contribution in [2.75, 3.05) is 0 Å². The van der Waals surface area contributed by atoms with Gasteiger partial charge in [0.1, 0.15) is 5.58 Å². The first-order valence-electron chi connectivity index (χ1n) is 18.8. The van der Waals surface area contributed by atoms with Gasteiger partial charge >= 0.3 is 0 Å². The van der Waals surface area contributed by atoms with E-state index in [9.17, 15) is 0 Å². The van der Waals surface area contributed by atoms with Crippen molar-refractivity contribution in [3.63, 3.8) is 0 Å². The molecular formula is C51H32N4O. The highest BCUT2D eigenvalue weighted by Crippen LogP contribution is 2.40. The smallest absolute Gasteiger partial charge is 0.164 e. The Morgan fingerprint density at radius 2 is 0.839 bits per heavy atom. The van der Waals surface area contributed by atoms with Crippen molar-refractivity contribution < 1.29 is 4.42 Å². The molecule has 0 aliphatic carbocycles. The molecule has 0 atom stereocenters. The van der Waals surface area contributed by atoms with Crippen molar-refractivity contribution in [2.24, 2.45) is 0 Å². The van der Waals surface area contributed by atoms with Gasteiger partial charge in [-0.3, -0.25) is 0 Å². The van der Waals surface area contributed by atoms with Crippen LogP contribution in [0.1, 0.15) is 0 Å². The first kappa shape index (κ1) is 31.9. The average molecular weight is 717 g/mol. The molecule has 0 saturated heterocycles. The zero-order chi connectivity index (χ0) is 37.0. The molecule has 5 nitrogen and oxygen atoms in total. The molecule has 11 rings (SSSR count). The Kier molecular flexibility index (Phi) is 7.42. The van der Waals surface area contributed by atoms with E-state index in [-0.39, 0.29) is 0 Å². The molecule has 0 aliphatic rings. The van der Waals surface area contributed by atoms with Crippen molar-refractivity contribution in [1.29, 1.82) is 0 Å². The quantitative estimate of drug-likeness (QED) is 0.172. The lowest BCUT2D eigenvalue weighted by Gasteiger charge is -2.10. The van der Waals surface area contributed by atoms with Gasteiger partial charge in [0.25, 0.3) is 0 Å². The van der Waals surface area contributed by atoms with Gasteiger partial charge in [-0.2, -0.15) is 0 Å². The summed E-state index contributed by atoms with van der Waals surface area (Å²) in [5, 5.41) is 4.41. The Morgan fingerprint density at radius 1 is 0.321 bits per heavy atom. The molecule has 11 aromatic rings. The Bertz CT molecular complexity index is 3180. The Hall–Kier alpha value is -7.63. The van der Waals surface area contributed by atoms with Gasteiger partial charge in [0.15, 0.2) is 23.1 Å². The normalized spacial score (nSPS) is 11.6. The van der Waals surface area contributed by atoms with E-state index in [1.165, 1.54) is 11.1 Å². The summed E-state index contributed by atoms with van der Waals surface area (Å²) >= 11 is 0. The van der Waals surface area contributed by atoms with Gasteiger partial charge in [-0.1, -0.05) is 146 Å². The van der Waals surface area contributed by atoms with Crippen LogP contribution in [0.2, 0.25) is 0 Å². The zero-order valence-electron chi connectivity index (χ0n) is 30.2. The fourth-order valence-corrected chi connectivity index (χ4v) is 7.96. The topological polar surface area (TPSA) is 56.7 Å². The number of hydrogen-bond donors (Lipinski definition) is 0. The summed E-state index contributed by atoms with van der Waals surface area (Å²) < 4.78 is 9.16. The molecule has 262 valence electrons. The fourth-order valence-electron chi connectivity index (χ4n) is 7.96. The second-order valence-corrected chi connectivity index (χ2v) is 14.0. The highest BCUT2D eigenvalue weighted by molar-refractivity contribution is 6.13. The third-order valence-corrected chi connectivity index (χ3v) is 10.7. The molecule has 0 radical (unpaired) electrons. The first-order valence-corrected chi connectivity index (χ1v) is 18.8. The van der Waals surface area contributed by atoms with Gasteiger partial charge in [0.05, 0.1) is 16.7 Å². The molecule has 8 aromatic carbocycles. The second kappa shape index (κ2) is 13.0. The number of para-hydroxylation sites is 2. The summed E-state index contributed by atoms with van der Waals surface area (Å²) in [6, 6.07) is 67.4. The van der Waals surface area contributed by atoms with E-state index in [0.717, 1.165) is 77.2 Å². The molecule has 3 aromatic heterocycles. The maximum Gasteiger partial charge on any atom is 0.164 e. The average Bonchev–Trinajstić information content (AvgIpc) is 3.82. The van der Waals surface area contributed by atoms with Gasteiger partial charge < -0.3 is 8.98 Å². The maximum absolute atomic E-state index is 6.84. The number of rotatable bonds is 6. The van der Waals surface area contributed by atoms with Gasteiger partial charge in [-0.15, -0.1) is 0 Å². The van der Waals surface area contributed by atoms with Crippen LogP contribution in [0.3, 0.4) is 0 Å². The van der Waals surface area contributed by atoms with Crippen LogP contribution in [-0.4, -0.2) is 19.5 Å². The second-order valence-electron chi connectivity index (χ2n) is 14.0. The number of benzene rings is 8. The number of nitrogens with zero attached hydrogens (tertiary/aromatic N) is 4. The molecular weight excluding hydrogens is 685 g/mol. The van der Waals surface area contributed by atoms with Crippen molar-refractivity contribution in [3.8, 4) is 62.1 Å². The van der Waals surface area contributed by atoms with Crippen LogP contribution in [0.25, 0.3) is 106 Å². The fraction of sp³-hybridized carbons (Fsp3) is 0. The van der Waals surface area contributed by atoms with E-state index in [1.54, 1.807) is 0 Å².